The second-order valence-corrected chi connectivity index (χ2v) is 5.50. The van der Waals surface area contributed by atoms with E-state index in [4.69, 9.17) is 5.26 Å². The fourth-order valence-electron chi connectivity index (χ4n) is 2.28. The van der Waals surface area contributed by atoms with E-state index in [0.29, 0.717) is 17.1 Å². The Labute approximate surface area is 148 Å². The number of amides is 1. The molecule has 3 rings (SSSR count). The molecule has 128 valence electrons. The first kappa shape index (κ1) is 17.0. The van der Waals surface area contributed by atoms with Crippen molar-refractivity contribution in [1.29, 1.82) is 5.26 Å². The summed E-state index contributed by atoms with van der Waals surface area (Å²) < 4.78 is 13.4. The van der Waals surface area contributed by atoms with Crippen LogP contribution in [0.15, 0.2) is 53.3 Å². The number of carbonyl (C=O) groups excluding carboxylic acids is 1. The smallest absolute Gasteiger partial charge is 0.277 e. The predicted molar refractivity (Wildman–Crippen MR) is 94.2 cm³/mol. The SMILES string of the molecule is CN1C(=O)/C(=C/c2ccc(O)c(F)c2)N=C1/C=C/c1ccc(C#N)nc1. The lowest BCUT2D eigenvalue weighted by Crippen LogP contribution is -2.26. The maximum Gasteiger partial charge on any atom is 0.277 e. The van der Waals surface area contributed by atoms with Gasteiger partial charge in [-0.05, 0) is 47.6 Å². The Hall–Kier alpha value is -3.79. The van der Waals surface area contributed by atoms with Crippen LogP contribution in [0.25, 0.3) is 12.2 Å². The molecule has 1 aliphatic rings. The highest BCUT2D eigenvalue weighted by Crippen LogP contribution is 2.21. The Morgan fingerprint density at radius 3 is 2.65 bits per heavy atom. The van der Waals surface area contributed by atoms with Crippen LogP contribution in [0.3, 0.4) is 0 Å². The van der Waals surface area contributed by atoms with Crippen LogP contribution < -0.4 is 0 Å². The fourth-order valence-corrected chi connectivity index (χ4v) is 2.28. The topological polar surface area (TPSA) is 89.6 Å². The van der Waals surface area contributed by atoms with Crippen molar-refractivity contribution < 1.29 is 14.3 Å². The number of aromatic hydroxyl groups is 1. The van der Waals surface area contributed by atoms with E-state index in [1.165, 1.54) is 23.1 Å². The molecule has 1 aromatic carbocycles. The maximum absolute atomic E-state index is 13.4. The molecule has 1 aliphatic heterocycles. The van der Waals surface area contributed by atoms with Gasteiger partial charge in [0.25, 0.3) is 5.91 Å². The van der Waals surface area contributed by atoms with Crippen molar-refractivity contribution in [3.05, 3.63) is 70.9 Å². The number of nitriles is 1. The molecule has 6 nitrogen and oxygen atoms in total. The molecule has 0 radical (unpaired) electrons. The molecule has 1 amide bonds. The second-order valence-electron chi connectivity index (χ2n) is 5.50. The molecule has 2 aromatic rings. The second kappa shape index (κ2) is 6.99. The number of aromatic nitrogens is 1. The number of aliphatic imine (C=N–C) groups is 1. The summed E-state index contributed by atoms with van der Waals surface area (Å²) in [4.78, 5) is 21.9. The highest BCUT2D eigenvalue weighted by atomic mass is 19.1. The van der Waals surface area contributed by atoms with Crippen LogP contribution in [0.4, 0.5) is 4.39 Å². The van der Waals surface area contributed by atoms with Crippen LogP contribution in [0.2, 0.25) is 0 Å². The van der Waals surface area contributed by atoms with Crippen molar-refractivity contribution in [3.8, 4) is 11.8 Å². The zero-order valence-electron chi connectivity index (χ0n) is 13.7. The van der Waals surface area contributed by atoms with Crippen molar-refractivity contribution in [2.24, 2.45) is 4.99 Å². The molecule has 0 spiro atoms. The summed E-state index contributed by atoms with van der Waals surface area (Å²) in [5.74, 6) is -1.12. The van der Waals surface area contributed by atoms with Crippen LogP contribution in [0, 0.1) is 17.1 Å². The van der Waals surface area contributed by atoms with E-state index in [-0.39, 0.29) is 11.6 Å². The van der Waals surface area contributed by atoms with Gasteiger partial charge in [-0.25, -0.2) is 14.4 Å². The van der Waals surface area contributed by atoms with Gasteiger partial charge >= 0.3 is 0 Å². The van der Waals surface area contributed by atoms with E-state index in [0.717, 1.165) is 11.6 Å². The Morgan fingerprint density at radius 2 is 2.00 bits per heavy atom. The molecule has 1 N–H and O–H groups in total. The van der Waals surface area contributed by atoms with Gasteiger partial charge in [-0.1, -0.05) is 12.1 Å². The van der Waals surface area contributed by atoms with Crippen molar-refractivity contribution in [3.63, 3.8) is 0 Å². The molecule has 0 aliphatic carbocycles. The number of halogens is 1. The standard InChI is InChI=1S/C19H13FN4O2/c1-24-18(7-4-12-2-5-14(10-21)22-11-12)23-16(19(24)26)9-13-3-6-17(25)15(20)8-13/h2-9,11,25H,1H3/b7-4+,16-9-. The van der Waals surface area contributed by atoms with Gasteiger partial charge in [0.15, 0.2) is 11.6 Å². The van der Waals surface area contributed by atoms with Gasteiger partial charge in [-0.15, -0.1) is 0 Å². The van der Waals surface area contributed by atoms with E-state index < -0.39 is 11.6 Å². The molecule has 0 saturated heterocycles. The number of hydrogen-bond donors (Lipinski definition) is 1. The number of phenols is 1. The summed E-state index contributed by atoms with van der Waals surface area (Å²) in [6.45, 7) is 0. The number of hydrogen-bond acceptors (Lipinski definition) is 5. The Balaban J connectivity index is 1.85. The number of nitrogens with zero attached hydrogens (tertiary/aromatic N) is 4. The van der Waals surface area contributed by atoms with E-state index >= 15 is 0 Å². The third kappa shape index (κ3) is 3.49. The molecule has 0 bridgehead atoms. The molecule has 26 heavy (non-hydrogen) atoms. The fraction of sp³-hybridized carbons (Fsp3) is 0.0526. The third-order valence-corrected chi connectivity index (χ3v) is 3.70. The molecule has 0 unspecified atom stereocenters. The lowest BCUT2D eigenvalue weighted by Gasteiger charge is -2.07. The maximum atomic E-state index is 13.4. The van der Waals surface area contributed by atoms with Crippen molar-refractivity contribution >= 4 is 23.9 Å². The average molecular weight is 348 g/mol. The molecule has 0 fully saturated rings. The van der Waals surface area contributed by atoms with Gasteiger partial charge in [0.05, 0.1) is 0 Å². The van der Waals surface area contributed by atoms with Crippen molar-refractivity contribution in [2.45, 2.75) is 0 Å². The highest BCUT2D eigenvalue weighted by Gasteiger charge is 2.25. The van der Waals surface area contributed by atoms with Crippen LogP contribution in [0.5, 0.6) is 5.75 Å². The molecule has 7 heteroatoms. The van der Waals surface area contributed by atoms with E-state index in [2.05, 4.69) is 9.98 Å². The van der Waals surface area contributed by atoms with Gasteiger partial charge < -0.3 is 5.11 Å². The van der Waals surface area contributed by atoms with Crippen molar-refractivity contribution in [1.82, 2.24) is 9.88 Å². The Kier molecular flexibility index (Phi) is 4.58. The molecule has 1 aromatic heterocycles. The molecular formula is C19H13FN4O2. The number of pyridine rings is 1. The number of likely N-dealkylation sites (N-methyl/N-ethyl adjacent to an activating group) is 1. The molecular weight excluding hydrogens is 335 g/mol. The number of benzene rings is 1. The minimum Gasteiger partial charge on any atom is -0.505 e. The lowest BCUT2D eigenvalue weighted by molar-refractivity contribution is -0.121. The van der Waals surface area contributed by atoms with Gasteiger partial charge in [0.2, 0.25) is 0 Å². The first-order valence-electron chi connectivity index (χ1n) is 7.59. The minimum absolute atomic E-state index is 0.162. The van der Waals surface area contributed by atoms with Crippen LogP contribution in [0.1, 0.15) is 16.8 Å². The third-order valence-electron chi connectivity index (χ3n) is 3.70. The summed E-state index contributed by atoms with van der Waals surface area (Å²) in [7, 11) is 1.58. The number of rotatable bonds is 3. The van der Waals surface area contributed by atoms with Gasteiger partial charge in [-0.2, -0.15) is 5.26 Å². The van der Waals surface area contributed by atoms with E-state index in [1.807, 2.05) is 6.07 Å². The van der Waals surface area contributed by atoms with Crippen LogP contribution in [-0.2, 0) is 4.79 Å². The van der Waals surface area contributed by atoms with Gasteiger partial charge in [0.1, 0.15) is 23.3 Å². The average Bonchev–Trinajstić information content (AvgIpc) is 2.91. The van der Waals surface area contributed by atoms with E-state index in [9.17, 15) is 14.3 Å². The lowest BCUT2D eigenvalue weighted by atomic mass is 10.1. The quantitative estimate of drug-likeness (QED) is 0.864. The molecule has 0 atom stereocenters. The first-order valence-corrected chi connectivity index (χ1v) is 7.59. The highest BCUT2D eigenvalue weighted by molar-refractivity contribution is 6.18. The normalized spacial score (nSPS) is 15.6. The summed E-state index contributed by atoms with van der Waals surface area (Å²) in [5, 5.41) is 18.0. The predicted octanol–water partition coefficient (Wildman–Crippen LogP) is 2.72. The van der Waals surface area contributed by atoms with Gasteiger partial charge in [0, 0.05) is 13.2 Å². The van der Waals surface area contributed by atoms with E-state index in [1.54, 1.807) is 37.5 Å². The zero-order chi connectivity index (χ0) is 18.7. The summed E-state index contributed by atoms with van der Waals surface area (Å²) in [6.07, 6.45) is 6.37. The Morgan fingerprint density at radius 1 is 1.23 bits per heavy atom. The summed E-state index contributed by atoms with van der Waals surface area (Å²) in [5.41, 5.74) is 1.65. The largest absolute Gasteiger partial charge is 0.505 e. The summed E-state index contributed by atoms with van der Waals surface area (Å²) >= 11 is 0. The minimum atomic E-state index is -0.768. The van der Waals surface area contributed by atoms with Crippen LogP contribution in [-0.4, -0.2) is 33.8 Å². The summed E-state index contributed by atoms with van der Waals surface area (Å²) in [6, 6.07) is 9.10. The zero-order valence-corrected chi connectivity index (χ0v) is 13.7. The van der Waals surface area contributed by atoms with Crippen LogP contribution >= 0.6 is 0 Å². The number of carbonyl (C=O) groups is 1. The Bertz CT molecular complexity index is 1000. The molecule has 0 saturated carbocycles. The van der Waals surface area contributed by atoms with Crippen molar-refractivity contribution in [2.75, 3.05) is 7.05 Å². The first-order chi connectivity index (χ1) is 12.5. The monoisotopic (exact) mass is 348 g/mol. The number of phenolic OH excluding ortho intramolecular Hbond substituents is 1. The molecule has 2 heterocycles. The number of amidine groups is 1. The van der Waals surface area contributed by atoms with Gasteiger partial charge in [-0.3, -0.25) is 9.69 Å².